The molecule has 2 aromatic carbocycles. The van der Waals surface area contributed by atoms with Crippen LogP contribution in [0.25, 0.3) is 10.2 Å². The molecule has 0 saturated carbocycles. The molecule has 160 valence electrons. The molecule has 8 heteroatoms. The standard InChI is InChI=1S/C23H27N7S/c1-16(2)30-22(25-26-27-30)21(18-10-8-17(3)9-11-18)28-12-14-29(15-13-28)23-24-19-6-4-5-7-20(19)31-23/h4-11,16,21H,12-15H2,1-3H3. The van der Waals surface area contributed by atoms with Crippen LogP contribution >= 0.6 is 11.3 Å². The van der Waals surface area contributed by atoms with Gasteiger partial charge in [0.1, 0.15) is 0 Å². The van der Waals surface area contributed by atoms with Gasteiger partial charge in [0.25, 0.3) is 0 Å². The van der Waals surface area contributed by atoms with Crippen molar-refractivity contribution in [3.05, 3.63) is 65.5 Å². The summed E-state index contributed by atoms with van der Waals surface area (Å²) >= 11 is 1.78. The minimum Gasteiger partial charge on any atom is -0.345 e. The molecule has 2 aromatic heterocycles. The van der Waals surface area contributed by atoms with Gasteiger partial charge in [-0.2, -0.15) is 0 Å². The van der Waals surface area contributed by atoms with Crippen molar-refractivity contribution in [2.24, 2.45) is 0 Å². The fourth-order valence-corrected chi connectivity index (χ4v) is 5.20. The lowest BCUT2D eigenvalue weighted by Crippen LogP contribution is -2.48. The summed E-state index contributed by atoms with van der Waals surface area (Å²) < 4.78 is 3.19. The van der Waals surface area contributed by atoms with E-state index in [0.29, 0.717) is 0 Å². The number of benzene rings is 2. The second kappa shape index (κ2) is 8.36. The number of hydrogen-bond acceptors (Lipinski definition) is 7. The van der Waals surface area contributed by atoms with Gasteiger partial charge in [-0.05, 0) is 48.9 Å². The van der Waals surface area contributed by atoms with E-state index in [0.717, 1.165) is 42.7 Å². The SMILES string of the molecule is Cc1ccc(C(c2nnnn2C(C)C)N2CCN(c3nc4ccccc4s3)CC2)cc1. The molecule has 1 aliphatic heterocycles. The van der Waals surface area contributed by atoms with E-state index in [-0.39, 0.29) is 12.1 Å². The molecular weight excluding hydrogens is 406 g/mol. The zero-order chi connectivity index (χ0) is 21.4. The van der Waals surface area contributed by atoms with E-state index in [1.807, 2.05) is 4.68 Å². The Morgan fingerprint density at radius 3 is 2.39 bits per heavy atom. The summed E-state index contributed by atoms with van der Waals surface area (Å²) in [4.78, 5) is 9.75. The van der Waals surface area contributed by atoms with E-state index < -0.39 is 0 Å². The van der Waals surface area contributed by atoms with Crippen LogP contribution in [0.5, 0.6) is 0 Å². The Morgan fingerprint density at radius 2 is 1.68 bits per heavy atom. The van der Waals surface area contributed by atoms with Gasteiger partial charge in [-0.25, -0.2) is 9.67 Å². The number of tetrazole rings is 1. The second-order valence-electron chi connectivity index (χ2n) is 8.38. The predicted octanol–water partition coefficient (Wildman–Crippen LogP) is 4.08. The molecule has 5 rings (SSSR count). The van der Waals surface area contributed by atoms with Crippen LogP contribution in [0.1, 0.15) is 42.9 Å². The molecular formula is C23H27N7S. The van der Waals surface area contributed by atoms with Gasteiger partial charge in [0.05, 0.1) is 22.3 Å². The Bertz CT molecular complexity index is 1120. The number of nitrogens with zero attached hydrogens (tertiary/aromatic N) is 7. The molecule has 0 bridgehead atoms. The molecule has 7 nitrogen and oxygen atoms in total. The maximum Gasteiger partial charge on any atom is 0.186 e. The summed E-state index contributed by atoms with van der Waals surface area (Å²) in [7, 11) is 0. The van der Waals surface area contributed by atoms with Crippen molar-refractivity contribution in [1.82, 2.24) is 30.1 Å². The number of fused-ring (bicyclic) bond motifs is 1. The quantitative estimate of drug-likeness (QED) is 0.473. The number of hydrogen-bond donors (Lipinski definition) is 0. The highest BCUT2D eigenvalue weighted by atomic mass is 32.1. The maximum absolute atomic E-state index is 4.85. The largest absolute Gasteiger partial charge is 0.345 e. The van der Waals surface area contributed by atoms with Gasteiger partial charge in [0.2, 0.25) is 0 Å². The van der Waals surface area contributed by atoms with Crippen LogP contribution in [0.15, 0.2) is 48.5 Å². The van der Waals surface area contributed by atoms with E-state index in [4.69, 9.17) is 4.98 Å². The Balaban J connectivity index is 1.41. The average Bonchev–Trinajstić information content (AvgIpc) is 3.43. The maximum atomic E-state index is 4.85. The summed E-state index contributed by atoms with van der Waals surface area (Å²) in [5.74, 6) is 0.910. The first kappa shape index (κ1) is 20.1. The number of aryl methyl sites for hydroxylation is 1. The monoisotopic (exact) mass is 433 g/mol. The van der Waals surface area contributed by atoms with E-state index in [1.54, 1.807) is 11.3 Å². The summed E-state index contributed by atoms with van der Waals surface area (Å²) in [6.45, 7) is 10.1. The Hall–Kier alpha value is -2.84. The molecule has 1 aliphatic rings. The first-order valence-corrected chi connectivity index (χ1v) is 11.6. The summed E-state index contributed by atoms with van der Waals surface area (Å²) in [6.07, 6.45) is 0. The van der Waals surface area contributed by atoms with Crippen LogP contribution in [0.3, 0.4) is 0 Å². The summed E-state index contributed by atoms with van der Waals surface area (Å²) in [5, 5.41) is 13.8. The van der Waals surface area contributed by atoms with Crippen molar-refractivity contribution in [3.8, 4) is 0 Å². The molecule has 1 fully saturated rings. The number of aromatic nitrogens is 5. The van der Waals surface area contributed by atoms with E-state index in [9.17, 15) is 0 Å². The van der Waals surface area contributed by atoms with Crippen LogP contribution in [0.4, 0.5) is 5.13 Å². The molecule has 1 atom stereocenters. The highest BCUT2D eigenvalue weighted by Gasteiger charge is 2.31. The smallest absolute Gasteiger partial charge is 0.186 e. The third-order valence-corrected chi connectivity index (χ3v) is 6.97. The fourth-order valence-electron chi connectivity index (χ4n) is 4.19. The van der Waals surface area contributed by atoms with Crippen molar-refractivity contribution in [2.75, 3.05) is 31.1 Å². The lowest BCUT2D eigenvalue weighted by atomic mass is 10.0. The molecule has 4 aromatic rings. The third kappa shape index (κ3) is 3.93. The Labute approximate surface area is 186 Å². The number of anilines is 1. The van der Waals surface area contributed by atoms with Gasteiger partial charge in [0, 0.05) is 26.2 Å². The number of thiazole rings is 1. The van der Waals surface area contributed by atoms with Crippen LogP contribution in [-0.2, 0) is 0 Å². The molecule has 31 heavy (non-hydrogen) atoms. The lowest BCUT2D eigenvalue weighted by Gasteiger charge is -2.39. The van der Waals surface area contributed by atoms with E-state index in [2.05, 4.69) is 94.6 Å². The second-order valence-corrected chi connectivity index (χ2v) is 9.38. The molecule has 0 aliphatic carbocycles. The minimum atomic E-state index is 0.0375. The topological polar surface area (TPSA) is 63.0 Å². The molecule has 1 saturated heterocycles. The van der Waals surface area contributed by atoms with Crippen LogP contribution < -0.4 is 4.90 Å². The van der Waals surface area contributed by atoms with Crippen molar-refractivity contribution in [2.45, 2.75) is 32.9 Å². The molecule has 0 radical (unpaired) electrons. The van der Waals surface area contributed by atoms with Crippen molar-refractivity contribution >= 4 is 26.7 Å². The molecule has 1 unspecified atom stereocenters. The number of piperazine rings is 1. The number of rotatable bonds is 5. The van der Waals surface area contributed by atoms with E-state index >= 15 is 0 Å². The van der Waals surface area contributed by atoms with Gasteiger partial charge < -0.3 is 4.90 Å². The molecule has 3 heterocycles. The van der Waals surface area contributed by atoms with Gasteiger partial charge in [0.15, 0.2) is 11.0 Å². The predicted molar refractivity (Wildman–Crippen MR) is 125 cm³/mol. The molecule has 0 amide bonds. The summed E-state index contributed by atoms with van der Waals surface area (Å²) in [6, 6.07) is 17.4. The third-order valence-electron chi connectivity index (χ3n) is 5.88. The molecule has 0 N–H and O–H groups in total. The Morgan fingerprint density at radius 1 is 0.935 bits per heavy atom. The average molecular weight is 434 g/mol. The van der Waals surface area contributed by atoms with Crippen molar-refractivity contribution in [1.29, 1.82) is 0 Å². The normalized spacial score (nSPS) is 16.3. The van der Waals surface area contributed by atoms with Gasteiger partial charge in [-0.1, -0.05) is 53.3 Å². The van der Waals surface area contributed by atoms with Crippen LogP contribution in [0, 0.1) is 6.92 Å². The highest BCUT2D eigenvalue weighted by Crippen LogP contribution is 2.32. The van der Waals surface area contributed by atoms with Crippen molar-refractivity contribution < 1.29 is 0 Å². The first-order chi connectivity index (χ1) is 15.1. The van der Waals surface area contributed by atoms with Gasteiger partial charge in [-0.15, -0.1) is 5.10 Å². The zero-order valence-corrected chi connectivity index (χ0v) is 19.0. The Kier molecular flexibility index (Phi) is 5.41. The van der Waals surface area contributed by atoms with E-state index in [1.165, 1.54) is 15.8 Å². The number of para-hydroxylation sites is 1. The fraction of sp³-hybridized carbons (Fsp3) is 0.391. The van der Waals surface area contributed by atoms with Gasteiger partial charge in [-0.3, -0.25) is 4.90 Å². The van der Waals surface area contributed by atoms with Gasteiger partial charge >= 0.3 is 0 Å². The van der Waals surface area contributed by atoms with Crippen molar-refractivity contribution in [3.63, 3.8) is 0 Å². The lowest BCUT2D eigenvalue weighted by molar-refractivity contribution is 0.199. The molecule has 0 spiro atoms. The zero-order valence-electron chi connectivity index (χ0n) is 18.1. The first-order valence-electron chi connectivity index (χ1n) is 10.8. The summed E-state index contributed by atoms with van der Waals surface area (Å²) in [5.41, 5.74) is 3.57. The highest BCUT2D eigenvalue weighted by molar-refractivity contribution is 7.22. The van der Waals surface area contributed by atoms with Crippen LogP contribution in [0.2, 0.25) is 0 Å². The minimum absolute atomic E-state index is 0.0375. The van der Waals surface area contributed by atoms with Crippen LogP contribution in [-0.4, -0.2) is 56.3 Å².